The number of nitrogens with one attached hydrogen (secondary N) is 1. The lowest BCUT2D eigenvalue weighted by Crippen LogP contribution is -2.45. The molecule has 1 atom stereocenters. The van der Waals surface area contributed by atoms with E-state index in [1.807, 2.05) is 17.5 Å². The molecule has 23 heavy (non-hydrogen) atoms. The van der Waals surface area contributed by atoms with Gasteiger partial charge in [-0.25, -0.2) is 4.39 Å². The summed E-state index contributed by atoms with van der Waals surface area (Å²) in [6, 6.07) is 9.05. The highest BCUT2D eigenvalue weighted by atomic mass is 35.5. The van der Waals surface area contributed by atoms with E-state index in [0.717, 1.165) is 31.1 Å². The van der Waals surface area contributed by atoms with Gasteiger partial charge in [0.1, 0.15) is 11.6 Å². The Morgan fingerprint density at radius 1 is 1.17 bits per heavy atom. The van der Waals surface area contributed by atoms with Crippen LogP contribution < -0.4 is 10.1 Å². The van der Waals surface area contributed by atoms with Gasteiger partial charge in [-0.05, 0) is 23.6 Å². The summed E-state index contributed by atoms with van der Waals surface area (Å²) < 4.78 is 19.9. The van der Waals surface area contributed by atoms with E-state index >= 15 is 0 Å². The first-order valence-electron chi connectivity index (χ1n) is 7.12. The van der Waals surface area contributed by atoms with E-state index in [4.69, 9.17) is 4.74 Å². The van der Waals surface area contributed by atoms with Gasteiger partial charge in [-0.1, -0.05) is 12.1 Å². The van der Waals surface area contributed by atoms with Crippen molar-refractivity contribution in [2.24, 2.45) is 0 Å². The average Bonchev–Trinajstić information content (AvgIpc) is 3.04. The zero-order chi connectivity index (χ0) is 14.7. The Bertz CT molecular complexity index is 592. The highest BCUT2D eigenvalue weighted by Gasteiger charge is 2.29. The van der Waals surface area contributed by atoms with Crippen LogP contribution >= 0.6 is 36.2 Å². The summed E-state index contributed by atoms with van der Waals surface area (Å²) >= 11 is 1.66. The van der Waals surface area contributed by atoms with Gasteiger partial charge in [-0.2, -0.15) is 0 Å². The SMILES string of the molecule is COc1cccc(F)c1[C@H](c1cccs1)N1CCNCC1.Cl.Cl. The van der Waals surface area contributed by atoms with Crippen molar-refractivity contribution in [3.8, 4) is 5.75 Å². The minimum absolute atomic E-state index is 0. The Kier molecular flexibility index (Phi) is 8.29. The molecule has 1 saturated heterocycles. The number of hydrogen-bond acceptors (Lipinski definition) is 4. The average molecular weight is 379 g/mol. The summed E-state index contributed by atoms with van der Waals surface area (Å²) in [6.07, 6.45) is 0. The molecule has 0 bridgehead atoms. The first-order valence-corrected chi connectivity index (χ1v) is 8.00. The molecule has 1 aliphatic rings. The quantitative estimate of drug-likeness (QED) is 0.876. The van der Waals surface area contributed by atoms with Crippen LogP contribution in [0.2, 0.25) is 0 Å². The molecule has 0 radical (unpaired) electrons. The normalized spacial score (nSPS) is 16.1. The van der Waals surface area contributed by atoms with Crippen molar-refractivity contribution >= 4 is 36.2 Å². The van der Waals surface area contributed by atoms with Crippen LogP contribution in [0.4, 0.5) is 4.39 Å². The molecule has 1 N–H and O–H groups in total. The second-order valence-electron chi connectivity index (χ2n) is 5.06. The third kappa shape index (κ3) is 4.37. The number of nitrogens with zero attached hydrogens (tertiary/aromatic N) is 1. The van der Waals surface area contributed by atoms with Crippen LogP contribution in [-0.4, -0.2) is 38.2 Å². The number of rotatable bonds is 4. The zero-order valence-corrected chi connectivity index (χ0v) is 15.3. The smallest absolute Gasteiger partial charge is 0.132 e. The highest BCUT2D eigenvalue weighted by Crippen LogP contribution is 2.38. The highest BCUT2D eigenvalue weighted by molar-refractivity contribution is 7.10. The van der Waals surface area contributed by atoms with Gasteiger partial charge in [0.25, 0.3) is 0 Å². The number of halogens is 3. The standard InChI is InChI=1S/C16H19FN2OS.2ClH/c1-20-13-5-2-4-12(17)15(13)16(14-6-3-11-21-14)19-9-7-18-8-10-19;;/h2-6,11,16,18H,7-10H2,1H3;2*1H/t16-;;/m0../s1. The Hall–Kier alpha value is -0.850. The molecule has 1 aromatic carbocycles. The topological polar surface area (TPSA) is 24.5 Å². The van der Waals surface area contributed by atoms with E-state index in [1.165, 1.54) is 6.07 Å². The first kappa shape index (κ1) is 20.2. The fourth-order valence-electron chi connectivity index (χ4n) is 2.85. The second kappa shape index (κ2) is 9.45. The van der Waals surface area contributed by atoms with Crippen molar-refractivity contribution in [3.05, 3.63) is 52.0 Å². The summed E-state index contributed by atoms with van der Waals surface area (Å²) in [7, 11) is 1.60. The van der Waals surface area contributed by atoms with Gasteiger partial charge in [-0.3, -0.25) is 4.90 Å². The predicted molar refractivity (Wildman–Crippen MR) is 98.1 cm³/mol. The van der Waals surface area contributed by atoms with Gasteiger partial charge in [0.2, 0.25) is 0 Å². The van der Waals surface area contributed by atoms with Crippen LogP contribution in [0.25, 0.3) is 0 Å². The van der Waals surface area contributed by atoms with Crippen LogP contribution in [0, 0.1) is 5.82 Å². The zero-order valence-electron chi connectivity index (χ0n) is 12.8. The molecule has 0 unspecified atom stereocenters. The van der Waals surface area contributed by atoms with Gasteiger partial charge in [-0.15, -0.1) is 36.2 Å². The number of thiophene rings is 1. The minimum Gasteiger partial charge on any atom is -0.496 e. The van der Waals surface area contributed by atoms with Gasteiger partial charge in [0.05, 0.1) is 18.7 Å². The van der Waals surface area contributed by atoms with Crippen molar-refractivity contribution in [2.75, 3.05) is 33.3 Å². The predicted octanol–water partition coefficient (Wildman–Crippen LogP) is 3.73. The van der Waals surface area contributed by atoms with Crippen LogP contribution in [0.1, 0.15) is 16.5 Å². The lowest BCUT2D eigenvalue weighted by molar-refractivity contribution is 0.194. The molecular formula is C16H21Cl2FN2OS. The molecule has 2 heterocycles. The lowest BCUT2D eigenvalue weighted by atomic mass is 10.0. The fourth-order valence-corrected chi connectivity index (χ4v) is 3.72. The molecule has 0 saturated carbocycles. The third-order valence-corrected chi connectivity index (χ3v) is 4.76. The van der Waals surface area contributed by atoms with E-state index in [0.29, 0.717) is 11.3 Å². The Morgan fingerprint density at radius 3 is 2.52 bits per heavy atom. The van der Waals surface area contributed by atoms with Crippen LogP contribution in [0.15, 0.2) is 35.7 Å². The monoisotopic (exact) mass is 378 g/mol. The van der Waals surface area contributed by atoms with E-state index in [9.17, 15) is 4.39 Å². The van der Waals surface area contributed by atoms with E-state index < -0.39 is 0 Å². The third-order valence-electron chi connectivity index (χ3n) is 3.84. The molecule has 1 fully saturated rings. The maximum absolute atomic E-state index is 14.5. The maximum atomic E-state index is 14.5. The molecular weight excluding hydrogens is 358 g/mol. The summed E-state index contributed by atoms with van der Waals surface area (Å²) in [4.78, 5) is 3.48. The summed E-state index contributed by atoms with van der Waals surface area (Å²) in [6.45, 7) is 3.66. The second-order valence-corrected chi connectivity index (χ2v) is 6.04. The van der Waals surface area contributed by atoms with E-state index in [2.05, 4.69) is 16.3 Å². The van der Waals surface area contributed by atoms with Crippen molar-refractivity contribution < 1.29 is 9.13 Å². The van der Waals surface area contributed by atoms with Crippen LogP contribution in [0.5, 0.6) is 5.75 Å². The number of piperazine rings is 1. The lowest BCUT2D eigenvalue weighted by Gasteiger charge is -2.35. The Balaban J connectivity index is 0.00000132. The van der Waals surface area contributed by atoms with Gasteiger partial charge in [0.15, 0.2) is 0 Å². The molecule has 3 nitrogen and oxygen atoms in total. The molecule has 3 rings (SSSR count). The van der Waals surface area contributed by atoms with Gasteiger partial charge >= 0.3 is 0 Å². The van der Waals surface area contributed by atoms with E-state index in [1.54, 1.807) is 24.5 Å². The molecule has 0 spiro atoms. The number of benzene rings is 1. The molecule has 128 valence electrons. The molecule has 0 aliphatic carbocycles. The maximum Gasteiger partial charge on any atom is 0.132 e. The Morgan fingerprint density at radius 2 is 1.91 bits per heavy atom. The van der Waals surface area contributed by atoms with Crippen molar-refractivity contribution in [1.82, 2.24) is 10.2 Å². The van der Waals surface area contributed by atoms with Gasteiger partial charge in [0, 0.05) is 31.1 Å². The minimum atomic E-state index is -0.203. The summed E-state index contributed by atoms with van der Waals surface area (Å²) in [5.74, 6) is 0.415. The number of hydrogen-bond donors (Lipinski definition) is 1. The molecule has 2 aromatic rings. The van der Waals surface area contributed by atoms with Crippen LogP contribution in [0.3, 0.4) is 0 Å². The van der Waals surface area contributed by atoms with Gasteiger partial charge < -0.3 is 10.1 Å². The van der Waals surface area contributed by atoms with Crippen molar-refractivity contribution in [3.63, 3.8) is 0 Å². The summed E-state index contributed by atoms with van der Waals surface area (Å²) in [5.41, 5.74) is 0.643. The summed E-state index contributed by atoms with van der Waals surface area (Å²) in [5, 5.41) is 5.39. The Labute approximate surface area is 152 Å². The van der Waals surface area contributed by atoms with E-state index in [-0.39, 0.29) is 36.7 Å². The van der Waals surface area contributed by atoms with Crippen molar-refractivity contribution in [1.29, 1.82) is 0 Å². The van der Waals surface area contributed by atoms with Crippen LogP contribution in [-0.2, 0) is 0 Å². The molecule has 7 heteroatoms. The fraction of sp³-hybridized carbons (Fsp3) is 0.375. The van der Waals surface area contributed by atoms with Crippen molar-refractivity contribution in [2.45, 2.75) is 6.04 Å². The largest absolute Gasteiger partial charge is 0.496 e. The molecule has 1 aliphatic heterocycles. The first-order chi connectivity index (χ1) is 10.3. The molecule has 0 amide bonds. The molecule has 1 aromatic heterocycles. The number of ether oxygens (including phenoxy) is 1. The number of methoxy groups -OCH3 is 1.